The number of esters is 1. The number of aromatic carboxylic acids is 1. The summed E-state index contributed by atoms with van der Waals surface area (Å²) in [6.07, 6.45) is 0. The van der Waals surface area contributed by atoms with E-state index in [9.17, 15) is 24.6 Å². The van der Waals surface area contributed by atoms with E-state index in [-0.39, 0.29) is 29.3 Å². The third-order valence-electron chi connectivity index (χ3n) is 4.11. The summed E-state index contributed by atoms with van der Waals surface area (Å²) in [4.78, 5) is 37.8. The largest absolute Gasteiger partial charge is 0.508 e. The van der Waals surface area contributed by atoms with Crippen molar-refractivity contribution in [1.29, 1.82) is 0 Å². The number of anilines is 2. The average Bonchev–Trinajstić information content (AvgIpc) is 2.68. The van der Waals surface area contributed by atoms with Gasteiger partial charge in [0.2, 0.25) is 0 Å². The first-order chi connectivity index (χ1) is 13.4. The van der Waals surface area contributed by atoms with Gasteiger partial charge in [-0.2, -0.15) is 0 Å². The highest BCUT2D eigenvalue weighted by molar-refractivity contribution is 6.41. The molecule has 0 heterocycles. The summed E-state index contributed by atoms with van der Waals surface area (Å²) in [5, 5.41) is 20.6. The molecule has 0 aliphatic carbocycles. The Morgan fingerprint density at radius 2 is 1.68 bits per heavy atom. The van der Waals surface area contributed by atoms with E-state index in [4.69, 9.17) is 4.74 Å². The second-order valence-corrected chi connectivity index (χ2v) is 5.87. The fourth-order valence-electron chi connectivity index (χ4n) is 2.92. The Hall–Kier alpha value is -3.87. The first-order valence-electron chi connectivity index (χ1n) is 8.49. The molecule has 0 aliphatic rings. The lowest BCUT2D eigenvalue weighted by atomic mass is 10.1. The molecule has 3 aromatic carbocycles. The first-order valence-corrected chi connectivity index (χ1v) is 8.49. The summed E-state index contributed by atoms with van der Waals surface area (Å²) >= 11 is 0. The van der Waals surface area contributed by atoms with Gasteiger partial charge >= 0.3 is 17.8 Å². The molecule has 0 bridgehead atoms. The fraction of sp³-hybridized carbons (Fsp3) is 0.0952. The smallest absolute Gasteiger partial charge is 0.397 e. The Morgan fingerprint density at radius 1 is 0.964 bits per heavy atom. The number of fused-ring (bicyclic) bond motifs is 1. The van der Waals surface area contributed by atoms with Crippen molar-refractivity contribution in [3.8, 4) is 5.75 Å². The molecule has 28 heavy (non-hydrogen) atoms. The number of carbonyl (C=O) groups is 3. The summed E-state index contributed by atoms with van der Waals surface area (Å²) in [5.41, 5.74) is 0.112. The second-order valence-electron chi connectivity index (χ2n) is 5.87. The Balaban J connectivity index is 2.30. The van der Waals surface area contributed by atoms with Gasteiger partial charge in [0.15, 0.2) is 0 Å². The second kappa shape index (κ2) is 7.79. The highest BCUT2D eigenvalue weighted by Crippen LogP contribution is 2.36. The maximum atomic E-state index is 12.9. The van der Waals surface area contributed by atoms with Gasteiger partial charge in [0.25, 0.3) is 0 Å². The van der Waals surface area contributed by atoms with Gasteiger partial charge in [-0.3, -0.25) is 9.69 Å². The highest BCUT2D eigenvalue weighted by atomic mass is 16.5. The van der Waals surface area contributed by atoms with Gasteiger partial charge < -0.3 is 14.9 Å². The van der Waals surface area contributed by atoms with Crippen molar-refractivity contribution in [2.75, 3.05) is 11.5 Å². The number of nitrogens with zero attached hydrogens (tertiary/aromatic N) is 1. The Kier molecular flexibility index (Phi) is 5.26. The molecule has 7 nitrogen and oxygen atoms in total. The van der Waals surface area contributed by atoms with Gasteiger partial charge in [-0.15, -0.1) is 0 Å². The molecule has 0 radical (unpaired) electrons. The standard InChI is InChI=1S/C21H17NO6/c1-2-28-21(27)19(24)22(17-8-4-3-7-15(17)20(25)26)18-9-5-6-13-10-11-14(23)12-16(13)18/h3-12,23H,2H2,1H3,(H,25,26). The van der Waals surface area contributed by atoms with Crippen LogP contribution in [0.1, 0.15) is 17.3 Å². The van der Waals surface area contributed by atoms with E-state index < -0.39 is 17.8 Å². The zero-order valence-electron chi connectivity index (χ0n) is 15.0. The van der Waals surface area contributed by atoms with Crippen LogP contribution < -0.4 is 4.90 Å². The Bertz CT molecular complexity index is 1080. The quantitative estimate of drug-likeness (QED) is 0.531. The maximum absolute atomic E-state index is 12.9. The number of aromatic hydroxyl groups is 1. The molecule has 0 atom stereocenters. The molecule has 142 valence electrons. The minimum Gasteiger partial charge on any atom is -0.508 e. The lowest BCUT2D eigenvalue weighted by Gasteiger charge is -2.25. The topological polar surface area (TPSA) is 104 Å². The molecule has 0 aromatic heterocycles. The van der Waals surface area contributed by atoms with Crippen LogP contribution >= 0.6 is 0 Å². The van der Waals surface area contributed by atoms with E-state index >= 15 is 0 Å². The van der Waals surface area contributed by atoms with E-state index in [0.29, 0.717) is 10.8 Å². The van der Waals surface area contributed by atoms with Crippen molar-refractivity contribution < 1.29 is 29.3 Å². The lowest BCUT2D eigenvalue weighted by molar-refractivity contribution is -0.152. The van der Waals surface area contributed by atoms with E-state index in [1.165, 1.54) is 30.3 Å². The maximum Gasteiger partial charge on any atom is 0.397 e. The molecule has 0 saturated carbocycles. The molecular weight excluding hydrogens is 362 g/mol. The molecule has 7 heteroatoms. The number of phenolic OH excluding ortho intramolecular Hbond substituents is 1. The zero-order valence-corrected chi connectivity index (χ0v) is 15.0. The summed E-state index contributed by atoms with van der Waals surface area (Å²) in [6, 6.07) is 15.5. The molecule has 0 saturated heterocycles. The number of amides is 1. The van der Waals surface area contributed by atoms with Crippen LogP contribution in [0.15, 0.2) is 60.7 Å². The summed E-state index contributed by atoms with van der Waals surface area (Å²) in [6.45, 7) is 1.56. The molecule has 0 fully saturated rings. The lowest BCUT2D eigenvalue weighted by Crippen LogP contribution is -2.35. The number of hydrogen-bond donors (Lipinski definition) is 2. The van der Waals surface area contributed by atoms with Crippen molar-refractivity contribution in [2.24, 2.45) is 0 Å². The molecule has 1 amide bonds. The van der Waals surface area contributed by atoms with Crippen LogP contribution in [0.2, 0.25) is 0 Å². The van der Waals surface area contributed by atoms with Gasteiger partial charge in [-0.05, 0) is 42.6 Å². The van der Waals surface area contributed by atoms with Crippen LogP contribution in [-0.2, 0) is 14.3 Å². The summed E-state index contributed by atoms with van der Waals surface area (Å²) in [7, 11) is 0. The predicted octanol–water partition coefficient (Wildman–Crippen LogP) is 3.47. The van der Waals surface area contributed by atoms with Crippen LogP contribution in [-0.4, -0.2) is 34.7 Å². The Labute approximate surface area is 160 Å². The number of phenols is 1. The number of carboxylic acids is 1. The first kappa shape index (κ1) is 18.9. The minimum absolute atomic E-state index is 0.00465. The van der Waals surface area contributed by atoms with Gasteiger partial charge in [0, 0.05) is 5.39 Å². The van der Waals surface area contributed by atoms with Crippen LogP contribution in [0.25, 0.3) is 10.8 Å². The van der Waals surface area contributed by atoms with Crippen LogP contribution in [0, 0.1) is 0 Å². The van der Waals surface area contributed by atoms with Crippen LogP contribution in [0.5, 0.6) is 5.75 Å². The fourth-order valence-corrected chi connectivity index (χ4v) is 2.92. The molecule has 3 aromatic rings. The zero-order chi connectivity index (χ0) is 20.3. The van der Waals surface area contributed by atoms with E-state index in [2.05, 4.69) is 0 Å². The monoisotopic (exact) mass is 379 g/mol. The number of ether oxygens (including phenoxy) is 1. The van der Waals surface area contributed by atoms with Crippen molar-refractivity contribution in [2.45, 2.75) is 6.92 Å². The molecule has 2 N–H and O–H groups in total. The van der Waals surface area contributed by atoms with Crippen molar-refractivity contribution in [3.63, 3.8) is 0 Å². The van der Waals surface area contributed by atoms with Crippen LogP contribution in [0.3, 0.4) is 0 Å². The highest BCUT2D eigenvalue weighted by Gasteiger charge is 2.30. The van der Waals surface area contributed by atoms with Crippen LogP contribution in [0.4, 0.5) is 11.4 Å². The number of para-hydroxylation sites is 1. The number of carboxylic acid groups (broad SMARTS) is 1. The van der Waals surface area contributed by atoms with E-state index in [0.717, 1.165) is 4.90 Å². The SMILES string of the molecule is CCOC(=O)C(=O)N(c1ccccc1C(=O)O)c1cccc2ccc(O)cc12. The van der Waals surface area contributed by atoms with Gasteiger partial charge in [0.1, 0.15) is 5.75 Å². The molecule has 0 aliphatic heterocycles. The average molecular weight is 379 g/mol. The summed E-state index contributed by atoms with van der Waals surface area (Å²) < 4.78 is 4.84. The van der Waals surface area contributed by atoms with Crippen molar-refractivity contribution in [3.05, 3.63) is 66.2 Å². The molecule has 3 rings (SSSR count). The minimum atomic E-state index is -1.25. The number of benzene rings is 3. The molecule has 0 spiro atoms. The van der Waals surface area contributed by atoms with E-state index in [1.807, 2.05) is 0 Å². The molecular formula is C21H17NO6. The van der Waals surface area contributed by atoms with Crippen molar-refractivity contribution >= 4 is 40.0 Å². The summed E-state index contributed by atoms with van der Waals surface area (Å²) in [5.74, 6) is -3.43. The number of hydrogen-bond acceptors (Lipinski definition) is 5. The van der Waals surface area contributed by atoms with Gasteiger partial charge in [-0.1, -0.05) is 30.3 Å². The number of carbonyl (C=O) groups excluding carboxylic acids is 2. The van der Waals surface area contributed by atoms with Crippen molar-refractivity contribution in [1.82, 2.24) is 0 Å². The predicted molar refractivity (Wildman–Crippen MR) is 103 cm³/mol. The van der Waals surface area contributed by atoms with Gasteiger partial charge in [0.05, 0.1) is 23.5 Å². The third-order valence-corrected chi connectivity index (χ3v) is 4.11. The number of rotatable bonds is 4. The normalized spacial score (nSPS) is 10.5. The van der Waals surface area contributed by atoms with E-state index in [1.54, 1.807) is 37.3 Å². The van der Waals surface area contributed by atoms with Gasteiger partial charge in [-0.25, -0.2) is 9.59 Å². The molecule has 0 unspecified atom stereocenters. The third kappa shape index (κ3) is 3.50. The Morgan fingerprint density at radius 3 is 2.39 bits per heavy atom.